The predicted octanol–water partition coefficient (Wildman–Crippen LogP) is 2.09. The molecule has 2 heterocycles. The molecule has 0 bridgehead atoms. The van der Waals surface area contributed by atoms with E-state index in [1.54, 1.807) is 23.1 Å². The number of anilines is 1. The van der Waals surface area contributed by atoms with Crippen LogP contribution in [0.2, 0.25) is 0 Å². The molecule has 1 aromatic heterocycles. The molecular formula is C22H28N4O5. The van der Waals surface area contributed by atoms with Gasteiger partial charge < -0.3 is 14.1 Å². The summed E-state index contributed by atoms with van der Waals surface area (Å²) < 4.78 is 11.1. The van der Waals surface area contributed by atoms with E-state index in [2.05, 4.69) is 29.6 Å². The number of fused-ring (bicyclic) bond motifs is 1. The van der Waals surface area contributed by atoms with Crippen LogP contribution in [-0.4, -0.2) is 48.9 Å². The van der Waals surface area contributed by atoms with Crippen molar-refractivity contribution in [3.05, 3.63) is 47.9 Å². The SMILES string of the molecule is CCN(CC)Cc1ccc(C(=O)NNC(=O)CCC(=O)N2CCOc3ccccc32)o1. The fourth-order valence-corrected chi connectivity index (χ4v) is 3.29. The summed E-state index contributed by atoms with van der Waals surface area (Å²) in [6, 6.07) is 10.6. The van der Waals surface area contributed by atoms with Crippen LogP contribution < -0.4 is 20.5 Å². The molecule has 1 aromatic carbocycles. The molecule has 9 nitrogen and oxygen atoms in total. The molecule has 166 valence electrons. The Balaban J connectivity index is 1.44. The third kappa shape index (κ3) is 5.85. The van der Waals surface area contributed by atoms with Gasteiger partial charge in [-0.2, -0.15) is 0 Å². The molecule has 0 aliphatic carbocycles. The second-order valence-corrected chi connectivity index (χ2v) is 7.09. The van der Waals surface area contributed by atoms with Gasteiger partial charge in [0.25, 0.3) is 0 Å². The lowest BCUT2D eigenvalue weighted by Gasteiger charge is -2.29. The lowest BCUT2D eigenvalue weighted by atomic mass is 10.2. The second-order valence-electron chi connectivity index (χ2n) is 7.09. The molecule has 3 amide bonds. The molecule has 0 radical (unpaired) electrons. The number of hydrogen-bond donors (Lipinski definition) is 2. The maximum absolute atomic E-state index is 12.5. The Morgan fingerprint density at radius 1 is 1.03 bits per heavy atom. The monoisotopic (exact) mass is 428 g/mol. The van der Waals surface area contributed by atoms with E-state index in [1.165, 1.54) is 0 Å². The number of nitrogens with zero attached hydrogens (tertiary/aromatic N) is 2. The Hall–Kier alpha value is -3.33. The number of rotatable bonds is 8. The predicted molar refractivity (Wildman–Crippen MR) is 114 cm³/mol. The number of carbonyl (C=O) groups is 3. The van der Waals surface area contributed by atoms with Crippen molar-refractivity contribution in [1.29, 1.82) is 0 Å². The van der Waals surface area contributed by atoms with Gasteiger partial charge in [-0.25, -0.2) is 0 Å². The van der Waals surface area contributed by atoms with Crippen LogP contribution in [0, 0.1) is 0 Å². The molecule has 3 rings (SSSR count). The van der Waals surface area contributed by atoms with Crippen molar-refractivity contribution in [2.75, 3.05) is 31.1 Å². The van der Waals surface area contributed by atoms with E-state index in [4.69, 9.17) is 9.15 Å². The van der Waals surface area contributed by atoms with Crippen LogP contribution in [0.1, 0.15) is 43.0 Å². The summed E-state index contributed by atoms with van der Waals surface area (Å²) in [5.41, 5.74) is 5.35. The van der Waals surface area contributed by atoms with E-state index in [1.807, 2.05) is 18.2 Å². The molecule has 0 saturated heterocycles. The van der Waals surface area contributed by atoms with Gasteiger partial charge in [0.2, 0.25) is 11.8 Å². The van der Waals surface area contributed by atoms with Gasteiger partial charge in [0, 0.05) is 12.8 Å². The summed E-state index contributed by atoms with van der Waals surface area (Å²) in [4.78, 5) is 40.6. The Morgan fingerprint density at radius 2 is 1.81 bits per heavy atom. The van der Waals surface area contributed by atoms with Crippen LogP contribution in [0.3, 0.4) is 0 Å². The highest BCUT2D eigenvalue weighted by molar-refractivity contribution is 5.97. The third-order valence-corrected chi connectivity index (χ3v) is 5.07. The van der Waals surface area contributed by atoms with Crippen LogP contribution in [0.15, 0.2) is 40.8 Å². The molecule has 31 heavy (non-hydrogen) atoms. The normalized spacial score (nSPS) is 12.8. The highest BCUT2D eigenvalue weighted by Crippen LogP contribution is 2.31. The third-order valence-electron chi connectivity index (χ3n) is 5.07. The van der Waals surface area contributed by atoms with E-state index in [-0.39, 0.29) is 24.5 Å². The first-order valence-electron chi connectivity index (χ1n) is 10.4. The summed E-state index contributed by atoms with van der Waals surface area (Å²) in [6.07, 6.45) is -0.0329. The fraction of sp³-hybridized carbons (Fsp3) is 0.409. The Bertz CT molecular complexity index is 922. The molecule has 9 heteroatoms. The summed E-state index contributed by atoms with van der Waals surface area (Å²) >= 11 is 0. The van der Waals surface area contributed by atoms with Crippen molar-refractivity contribution >= 4 is 23.4 Å². The molecule has 1 aliphatic rings. The van der Waals surface area contributed by atoms with Crippen molar-refractivity contribution in [3.63, 3.8) is 0 Å². The molecule has 0 atom stereocenters. The zero-order valence-electron chi connectivity index (χ0n) is 17.8. The Morgan fingerprint density at radius 3 is 2.58 bits per heavy atom. The largest absolute Gasteiger partial charge is 0.490 e. The van der Waals surface area contributed by atoms with Gasteiger partial charge in [-0.1, -0.05) is 26.0 Å². The fourth-order valence-electron chi connectivity index (χ4n) is 3.29. The average Bonchev–Trinajstić information content (AvgIpc) is 3.27. The number of hydrazine groups is 1. The minimum Gasteiger partial charge on any atom is -0.490 e. The van der Waals surface area contributed by atoms with E-state index in [0.29, 0.717) is 36.9 Å². The van der Waals surface area contributed by atoms with Gasteiger partial charge in [0.1, 0.15) is 18.1 Å². The van der Waals surface area contributed by atoms with Crippen LogP contribution >= 0.6 is 0 Å². The molecule has 0 unspecified atom stereocenters. The highest BCUT2D eigenvalue weighted by atomic mass is 16.5. The molecule has 0 saturated carbocycles. The minimum atomic E-state index is -0.549. The summed E-state index contributed by atoms with van der Waals surface area (Å²) in [5, 5.41) is 0. The quantitative estimate of drug-likeness (QED) is 0.624. The molecule has 2 aromatic rings. The number of ether oxygens (including phenoxy) is 1. The lowest BCUT2D eigenvalue weighted by molar-refractivity contribution is -0.125. The second kappa shape index (κ2) is 10.6. The maximum Gasteiger partial charge on any atom is 0.305 e. The van der Waals surface area contributed by atoms with Gasteiger partial charge >= 0.3 is 5.91 Å². The summed E-state index contributed by atoms with van der Waals surface area (Å²) in [7, 11) is 0. The lowest BCUT2D eigenvalue weighted by Crippen LogP contribution is -2.42. The summed E-state index contributed by atoms with van der Waals surface area (Å²) in [6.45, 7) is 7.32. The molecule has 2 N–H and O–H groups in total. The Labute approximate surface area is 181 Å². The first-order valence-corrected chi connectivity index (χ1v) is 10.4. The number of carbonyl (C=O) groups excluding carboxylic acids is 3. The van der Waals surface area contributed by atoms with Crippen molar-refractivity contribution in [1.82, 2.24) is 15.8 Å². The smallest absolute Gasteiger partial charge is 0.305 e. The van der Waals surface area contributed by atoms with Gasteiger partial charge in [0.05, 0.1) is 18.8 Å². The maximum atomic E-state index is 12.5. The van der Waals surface area contributed by atoms with Crippen molar-refractivity contribution in [2.45, 2.75) is 33.2 Å². The average molecular weight is 428 g/mol. The van der Waals surface area contributed by atoms with Crippen LogP contribution in [0.5, 0.6) is 5.75 Å². The molecule has 1 aliphatic heterocycles. The number of amides is 3. The van der Waals surface area contributed by atoms with Gasteiger partial charge in [0.15, 0.2) is 5.76 Å². The van der Waals surface area contributed by atoms with Crippen LogP contribution in [0.25, 0.3) is 0 Å². The molecule has 0 spiro atoms. The number of para-hydroxylation sites is 2. The van der Waals surface area contributed by atoms with E-state index in [0.717, 1.165) is 13.1 Å². The number of furan rings is 1. The zero-order chi connectivity index (χ0) is 22.2. The van der Waals surface area contributed by atoms with Gasteiger partial charge in [-0.3, -0.25) is 30.1 Å². The zero-order valence-corrected chi connectivity index (χ0v) is 17.8. The minimum absolute atomic E-state index is 0.0187. The topological polar surface area (TPSA) is 104 Å². The van der Waals surface area contributed by atoms with E-state index in [9.17, 15) is 14.4 Å². The van der Waals surface area contributed by atoms with Crippen LogP contribution in [-0.2, 0) is 16.1 Å². The molecule has 0 fully saturated rings. The highest BCUT2D eigenvalue weighted by Gasteiger charge is 2.23. The number of benzene rings is 1. The standard InChI is InChI=1S/C22H28N4O5/c1-3-25(4-2)15-16-9-10-19(31-16)22(29)24-23-20(27)11-12-21(28)26-13-14-30-18-8-6-5-7-17(18)26/h5-10H,3-4,11-15H2,1-2H3,(H,23,27)(H,24,29). The van der Waals surface area contributed by atoms with E-state index < -0.39 is 11.8 Å². The number of nitrogens with one attached hydrogen (secondary N) is 2. The van der Waals surface area contributed by atoms with Crippen molar-refractivity contribution in [2.24, 2.45) is 0 Å². The van der Waals surface area contributed by atoms with Gasteiger partial charge in [-0.15, -0.1) is 0 Å². The first kappa shape index (κ1) is 22.4. The number of hydrogen-bond acceptors (Lipinski definition) is 6. The van der Waals surface area contributed by atoms with Crippen LogP contribution in [0.4, 0.5) is 5.69 Å². The Kier molecular flexibility index (Phi) is 7.66. The summed E-state index contributed by atoms with van der Waals surface area (Å²) in [5.74, 6) is 0.257. The van der Waals surface area contributed by atoms with Gasteiger partial charge in [-0.05, 0) is 37.4 Å². The van der Waals surface area contributed by atoms with Crippen molar-refractivity contribution in [3.8, 4) is 5.75 Å². The molecular weight excluding hydrogens is 400 g/mol. The van der Waals surface area contributed by atoms with E-state index >= 15 is 0 Å². The van der Waals surface area contributed by atoms with Crippen molar-refractivity contribution < 1.29 is 23.5 Å². The first-order chi connectivity index (χ1) is 15.0.